The molecule has 0 radical (unpaired) electrons. The minimum absolute atomic E-state index is 0.0471. The maximum Gasteiger partial charge on any atom is 0.339 e. The summed E-state index contributed by atoms with van der Waals surface area (Å²) in [6.45, 7) is 0.121. The summed E-state index contributed by atoms with van der Waals surface area (Å²) >= 11 is -1.90. The molecule has 6 heteroatoms. The fourth-order valence-electron chi connectivity index (χ4n) is 2.51. The van der Waals surface area contributed by atoms with Gasteiger partial charge in [0.25, 0.3) is 0 Å². The average molecular weight is 332 g/mol. The minimum Gasteiger partial charge on any atom is -0.457 e. The molecule has 1 heterocycles. The van der Waals surface area contributed by atoms with Crippen molar-refractivity contribution in [3.63, 3.8) is 0 Å². The van der Waals surface area contributed by atoms with Crippen LogP contribution in [0.3, 0.4) is 0 Å². The highest BCUT2D eigenvalue weighted by Crippen LogP contribution is 2.33. The van der Waals surface area contributed by atoms with Crippen LogP contribution in [-0.4, -0.2) is 21.3 Å². The molecular weight excluding hydrogens is 319 g/mol. The van der Waals surface area contributed by atoms with Crippen molar-refractivity contribution in [2.75, 3.05) is 6.61 Å². The maximum absolute atomic E-state index is 13.4. The van der Waals surface area contributed by atoms with Gasteiger partial charge in [0.2, 0.25) is 0 Å². The third kappa shape index (κ3) is 3.38. The quantitative estimate of drug-likeness (QED) is 0.690. The number of carbonyl (C=O) groups excluding carboxylic acids is 1. The summed E-state index contributed by atoms with van der Waals surface area (Å²) in [4.78, 5) is 12.0. The summed E-state index contributed by atoms with van der Waals surface area (Å²) in [7, 11) is 0. The summed E-state index contributed by atoms with van der Waals surface area (Å²) in [6.07, 6.45) is 0. The third-order valence-corrected chi connectivity index (χ3v) is 4.14. The van der Waals surface area contributed by atoms with E-state index in [1.54, 1.807) is 36.4 Å². The first-order chi connectivity index (χ1) is 11.0. The number of ether oxygens (including phenoxy) is 1. The lowest BCUT2D eigenvalue weighted by Gasteiger charge is -2.06. The molecule has 23 heavy (non-hydrogen) atoms. The number of esters is 1. The second-order valence-corrected chi connectivity index (χ2v) is 6.03. The highest BCUT2D eigenvalue weighted by molar-refractivity contribution is 7.78. The molecule has 118 valence electrons. The highest BCUT2D eigenvalue weighted by atomic mass is 32.2. The molecule has 0 saturated heterocycles. The fourth-order valence-corrected chi connectivity index (χ4v) is 2.99. The van der Waals surface area contributed by atoms with Crippen molar-refractivity contribution in [2.45, 2.75) is 5.75 Å². The van der Waals surface area contributed by atoms with E-state index < -0.39 is 22.9 Å². The Bertz CT molecular complexity index is 812. The summed E-state index contributed by atoms with van der Waals surface area (Å²) in [6, 6.07) is 12.8. The molecule has 2 aromatic carbocycles. The second kappa shape index (κ2) is 6.44. The van der Waals surface area contributed by atoms with Crippen LogP contribution in [0.25, 0.3) is 11.1 Å². The van der Waals surface area contributed by atoms with Crippen molar-refractivity contribution in [2.24, 2.45) is 0 Å². The smallest absolute Gasteiger partial charge is 0.339 e. The molecule has 0 bridgehead atoms. The molecule has 3 rings (SSSR count). The van der Waals surface area contributed by atoms with E-state index >= 15 is 0 Å². The van der Waals surface area contributed by atoms with Crippen LogP contribution in [-0.2, 0) is 26.4 Å². The van der Waals surface area contributed by atoms with E-state index in [9.17, 15) is 13.4 Å². The van der Waals surface area contributed by atoms with Crippen LogP contribution in [0.4, 0.5) is 4.39 Å². The first-order valence-corrected chi connectivity index (χ1v) is 8.15. The molecule has 0 aliphatic carbocycles. The molecule has 0 aromatic heterocycles. The predicted molar refractivity (Wildman–Crippen MR) is 85.1 cm³/mol. The average Bonchev–Trinajstić information content (AvgIpc) is 2.89. The molecule has 1 atom stereocenters. The van der Waals surface area contributed by atoms with Crippen molar-refractivity contribution in [3.8, 4) is 0 Å². The molecule has 1 aliphatic heterocycles. The van der Waals surface area contributed by atoms with Gasteiger partial charge in [-0.25, -0.2) is 13.4 Å². The van der Waals surface area contributed by atoms with Crippen LogP contribution in [0.1, 0.15) is 16.7 Å². The Morgan fingerprint density at radius 1 is 1.13 bits per heavy atom. The summed E-state index contributed by atoms with van der Waals surface area (Å²) in [5.74, 6) is -0.855. The third-order valence-electron chi connectivity index (χ3n) is 3.56. The van der Waals surface area contributed by atoms with E-state index in [0.29, 0.717) is 22.3 Å². The van der Waals surface area contributed by atoms with Crippen molar-refractivity contribution >= 4 is 28.2 Å². The van der Waals surface area contributed by atoms with Gasteiger partial charge in [0.05, 0.1) is 11.3 Å². The number of benzene rings is 2. The van der Waals surface area contributed by atoms with Crippen molar-refractivity contribution in [3.05, 3.63) is 71.0 Å². The van der Waals surface area contributed by atoms with Crippen molar-refractivity contribution < 1.29 is 22.7 Å². The van der Waals surface area contributed by atoms with Gasteiger partial charge in [-0.1, -0.05) is 36.4 Å². The Hall–Kier alpha value is -2.31. The molecule has 1 N–H and O–H groups in total. The topological polar surface area (TPSA) is 63.6 Å². The summed E-state index contributed by atoms with van der Waals surface area (Å²) in [5, 5.41) is 0. The maximum atomic E-state index is 13.4. The largest absolute Gasteiger partial charge is 0.457 e. The number of hydrogen-bond acceptors (Lipinski definition) is 3. The Morgan fingerprint density at radius 2 is 1.87 bits per heavy atom. The molecule has 0 spiro atoms. The first-order valence-electron chi connectivity index (χ1n) is 6.87. The SMILES string of the molecule is O=C1OCC(c2ccc(CS(=O)O)cc2)=C1c1cccc(F)c1. The number of carbonyl (C=O) groups is 1. The van der Waals surface area contributed by atoms with Crippen LogP contribution < -0.4 is 0 Å². The van der Waals surface area contributed by atoms with E-state index in [-0.39, 0.29) is 12.4 Å². The van der Waals surface area contributed by atoms with E-state index in [2.05, 4.69) is 0 Å². The Kier molecular flexibility index (Phi) is 4.36. The molecule has 1 aliphatic rings. The van der Waals surface area contributed by atoms with Crippen LogP contribution in [0, 0.1) is 5.82 Å². The van der Waals surface area contributed by atoms with Crippen LogP contribution >= 0.6 is 0 Å². The summed E-state index contributed by atoms with van der Waals surface area (Å²) in [5.41, 5.74) is 2.98. The minimum atomic E-state index is -1.90. The lowest BCUT2D eigenvalue weighted by Crippen LogP contribution is -1.98. The second-order valence-electron chi connectivity index (χ2n) is 5.10. The van der Waals surface area contributed by atoms with E-state index in [4.69, 9.17) is 9.29 Å². The van der Waals surface area contributed by atoms with E-state index in [0.717, 1.165) is 5.56 Å². The number of cyclic esters (lactones) is 1. The van der Waals surface area contributed by atoms with Gasteiger partial charge in [0, 0.05) is 5.57 Å². The number of rotatable bonds is 4. The highest BCUT2D eigenvalue weighted by Gasteiger charge is 2.27. The van der Waals surface area contributed by atoms with Gasteiger partial charge in [0.15, 0.2) is 11.1 Å². The normalized spacial score (nSPS) is 15.7. The van der Waals surface area contributed by atoms with E-state index in [1.807, 2.05) is 0 Å². The van der Waals surface area contributed by atoms with Crippen molar-refractivity contribution in [1.82, 2.24) is 0 Å². The van der Waals surface area contributed by atoms with Gasteiger partial charge in [-0.15, -0.1) is 0 Å². The Morgan fingerprint density at radius 3 is 2.52 bits per heavy atom. The van der Waals surface area contributed by atoms with Gasteiger partial charge in [-0.2, -0.15) is 0 Å². The zero-order valence-corrected chi connectivity index (χ0v) is 12.8. The van der Waals surface area contributed by atoms with Gasteiger partial charge in [-0.05, 0) is 28.8 Å². The van der Waals surface area contributed by atoms with Crippen LogP contribution in [0.5, 0.6) is 0 Å². The molecule has 0 saturated carbocycles. The summed E-state index contributed by atoms with van der Waals surface area (Å²) < 4.78 is 38.2. The van der Waals surface area contributed by atoms with E-state index in [1.165, 1.54) is 12.1 Å². The van der Waals surface area contributed by atoms with Gasteiger partial charge >= 0.3 is 5.97 Å². The molecular formula is C17H13FO4S. The van der Waals surface area contributed by atoms with Crippen molar-refractivity contribution in [1.29, 1.82) is 0 Å². The van der Waals surface area contributed by atoms with Crippen LogP contribution in [0.15, 0.2) is 48.5 Å². The molecule has 0 amide bonds. The van der Waals surface area contributed by atoms with Gasteiger partial charge in [-0.3, -0.25) is 0 Å². The fraction of sp³-hybridized carbons (Fsp3) is 0.118. The lowest BCUT2D eigenvalue weighted by atomic mass is 9.96. The predicted octanol–water partition coefficient (Wildman–Crippen LogP) is 3.02. The molecule has 2 aromatic rings. The van der Waals surface area contributed by atoms with Gasteiger partial charge in [0.1, 0.15) is 12.4 Å². The zero-order chi connectivity index (χ0) is 16.4. The van der Waals surface area contributed by atoms with Crippen LogP contribution in [0.2, 0.25) is 0 Å². The lowest BCUT2D eigenvalue weighted by molar-refractivity contribution is -0.133. The monoisotopic (exact) mass is 332 g/mol. The Labute approximate surface area is 134 Å². The molecule has 0 fully saturated rings. The molecule has 4 nitrogen and oxygen atoms in total. The van der Waals surface area contributed by atoms with Gasteiger partial charge < -0.3 is 9.29 Å². The number of hydrogen-bond donors (Lipinski definition) is 1. The standard InChI is InChI=1S/C17H13FO4S/c18-14-3-1-2-13(8-14)16-15(9-22-17(16)19)12-6-4-11(5-7-12)10-23(20)21/h1-8H,9-10H2,(H,20,21). The zero-order valence-electron chi connectivity index (χ0n) is 12.0. The Balaban J connectivity index is 2.01. The molecule has 1 unspecified atom stereocenters. The first kappa shape index (κ1) is 15.6. The number of halogens is 1.